The van der Waals surface area contributed by atoms with E-state index in [1.54, 1.807) is 0 Å². The fourth-order valence-corrected chi connectivity index (χ4v) is 3.57. The Balaban J connectivity index is 0. The van der Waals surface area contributed by atoms with Gasteiger partial charge in [0.15, 0.2) is 0 Å². The second kappa shape index (κ2) is 26.4. The summed E-state index contributed by atoms with van der Waals surface area (Å²) in [6.07, 6.45) is 5.45. The summed E-state index contributed by atoms with van der Waals surface area (Å²) in [6.45, 7) is 14.5. The van der Waals surface area contributed by atoms with E-state index in [2.05, 4.69) is 69.3 Å². The van der Waals surface area contributed by atoms with E-state index < -0.39 is 6.10 Å². The second-order valence-corrected chi connectivity index (χ2v) is 8.51. The lowest BCUT2D eigenvalue weighted by Crippen LogP contribution is -2.00. The van der Waals surface area contributed by atoms with Crippen molar-refractivity contribution in [3.8, 4) is 0 Å². The van der Waals surface area contributed by atoms with Gasteiger partial charge in [-0.2, -0.15) is 0 Å². The first-order valence-corrected chi connectivity index (χ1v) is 14.5. The maximum atomic E-state index is 10.4. The average molecular weight is 531 g/mol. The van der Waals surface area contributed by atoms with Crippen LogP contribution in [0.1, 0.15) is 94.7 Å². The summed E-state index contributed by atoms with van der Waals surface area (Å²) in [5.74, 6) is 0. The van der Waals surface area contributed by atoms with Gasteiger partial charge in [0, 0.05) is 0 Å². The van der Waals surface area contributed by atoms with Crippen molar-refractivity contribution >= 4 is 0 Å². The molecule has 4 rings (SSSR count). The highest BCUT2D eigenvalue weighted by Crippen LogP contribution is 2.23. The van der Waals surface area contributed by atoms with E-state index in [-0.39, 0.29) is 5.48 Å². The molecule has 0 saturated heterocycles. The number of aliphatic hydroxyl groups is 1. The first-order chi connectivity index (χ1) is 18.6. The summed E-state index contributed by atoms with van der Waals surface area (Å²) < 4.78 is 0. The van der Waals surface area contributed by atoms with Crippen molar-refractivity contribution in [2.24, 2.45) is 0 Å². The van der Waals surface area contributed by atoms with E-state index in [0.29, 0.717) is 0 Å². The Labute approximate surface area is 240 Å². The Morgan fingerprint density at radius 2 is 1.03 bits per heavy atom. The molecule has 4 aromatic carbocycles. The molecule has 2 heteroatoms. The highest BCUT2D eigenvalue weighted by Gasteiger charge is 2.09. The van der Waals surface area contributed by atoms with Gasteiger partial charge in [0.1, 0.15) is 6.10 Å². The minimum Gasteiger partial charge on any atom is -0.412 e. The van der Waals surface area contributed by atoms with Gasteiger partial charge in [0.2, 0.25) is 0 Å². The zero-order chi connectivity index (χ0) is 28.4. The molecule has 39 heavy (non-hydrogen) atoms. The molecule has 0 aromatic heterocycles. The lowest BCUT2D eigenvalue weighted by molar-refractivity contribution is 0.220. The van der Waals surface area contributed by atoms with Crippen LogP contribution < -0.4 is 0 Å². The summed E-state index contributed by atoms with van der Waals surface area (Å²) in [6, 6.07) is 38.9. The molecule has 0 spiro atoms. The highest BCUT2D eigenvalue weighted by atomic mass is 16.3. The predicted octanol–water partition coefficient (Wildman–Crippen LogP) is 9.97. The van der Waals surface area contributed by atoms with E-state index in [1.165, 1.54) is 36.0 Å². The molecule has 0 radical (unpaired) electrons. The molecular weight excluding hydrogens is 476 g/mol. The lowest BCUT2D eigenvalue weighted by atomic mass is 9.98. The van der Waals surface area contributed by atoms with E-state index in [0.717, 1.165) is 24.0 Å². The van der Waals surface area contributed by atoms with Crippen LogP contribution in [0.4, 0.5) is 0 Å². The molecule has 3 N–H and O–H groups in total. The summed E-state index contributed by atoms with van der Waals surface area (Å²) >= 11 is 0. The van der Waals surface area contributed by atoms with E-state index in [9.17, 15) is 5.11 Å². The molecule has 1 unspecified atom stereocenters. The lowest BCUT2D eigenvalue weighted by Gasteiger charge is -2.12. The van der Waals surface area contributed by atoms with Gasteiger partial charge in [-0.25, -0.2) is 0 Å². The van der Waals surface area contributed by atoms with E-state index >= 15 is 0 Å². The van der Waals surface area contributed by atoms with Gasteiger partial charge in [-0.1, -0.05) is 175 Å². The van der Waals surface area contributed by atoms with Gasteiger partial charge in [-0.05, 0) is 48.4 Å². The monoisotopic (exact) mass is 530 g/mol. The highest BCUT2D eigenvalue weighted by molar-refractivity contribution is 5.32. The average Bonchev–Trinajstić information content (AvgIpc) is 3.01. The van der Waals surface area contributed by atoms with Crippen molar-refractivity contribution in [2.45, 2.75) is 86.7 Å². The van der Waals surface area contributed by atoms with Crippen LogP contribution in [0.15, 0.2) is 115 Å². The Bertz CT molecular complexity index is 1010. The van der Waals surface area contributed by atoms with Crippen molar-refractivity contribution in [1.29, 1.82) is 0 Å². The maximum absolute atomic E-state index is 10.4. The first-order valence-electron chi connectivity index (χ1n) is 14.5. The van der Waals surface area contributed by atoms with Crippen molar-refractivity contribution < 1.29 is 10.6 Å². The zero-order valence-electron chi connectivity index (χ0n) is 25.5. The van der Waals surface area contributed by atoms with Crippen LogP contribution in [0, 0.1) is 6.92 Å². The Morgan fingerprint density at radius 1 is 0.564 bits per heavy atom. The van der Waals surface area contributed by atoms with Gasteiger partial charge in [0.25, 0.3) is 0 Å². The van der Waals surface area contributed by atoms with Crippen molar-refractivity contribution in [1.82, 2.24) is 0 Å². The number of aliphatic hydroxyl groups excluding tert-OH is 1. The van der Waals surface area contributed by atoms with Crippen LogP contribution in [0.5, 0.6) is 0 Å². The van der Waals surface area contributed by atoms with Gasteiger partial charge < -0.3 is 10.6 Å². The Morgan fingerprint density at radius 3 is 1.46 bits per heavy atom. The van der Waals surface area contributed by atoms with Crippen LogP contribution in [0.25, 0.3) is 0 Å². The number of unbranched alkanes of at least 4 members (excludes halogenated alkanes) is 2. The minimum atomic E-state index is -0.521. The van der Waals surface area contributed by atoms with Crippen LogP contribution in [-0.4, -0.2) is 10.6 Å². The van der Waals surface area contributed by atoms with Gasteiger partial charge in [0.05, 0.1) is 0 Å². The molecule has 0 heterocycles. The summed E-state index contributed by atoms with van der Waals surface area (Å²) in [4.78, 5) is 0. The Hall–Kier alpha value is -3.20. The topological polar surface area (TPSA) is 51.7 Å². The third kappa shape index (κ3) is 17.8. The van der Waals surface area contributed by atoms with E-state index in [4.69, 9.17) is 0 Å². The smallest absolute Gasteiger partial charge is 0.104 e. The second-order valence-electron chi connectivity index (χ2n) is 8.51. The third-order valence-electron chi connectivity index (χ3n) is 5.64. The molecular formula is C37H54O2. The summed E-state index contributed by atoms with van der Waals surface area (Å²) in [5, 5.41) is 10.4. The van der Waals surface area contributed by atoms with Gasteiger partial charge >= 0.3 is 0 Å². The number of benzene rings is 4. The molecule has 4 aromatic rings. The van der Waals surface area contributed by atoms with E-state index in [1.807, 2.05) is 94.4 Å². The molecule has 0 fully saturated rings. The van der Waals surface area contributed by atoms with Crippen molar-refractivity contribution in [3.63, 3.8) is 0 Å². The van der Waals surface area contributed by atoms with Crippen LogP contribution >= 0.6 is 0 Å². The molecule has 2 nitrogen and oxygen atoms in total. The van der Waals surface area contributed by atoms with Crippen LogP contribution in [0.2, 0.25) is 0 Å². The SMILES string of the molecule is CC.CC.CCCCCc1cccc(C(O)c2ccccc2)c1.CCc1ccccc1.Cc1ccccc1.O. The van der Waals surface area contributed by atoms with Gasteiger partial charge in [-0.3, -0.25) is 0 Å². The number of aryl methyl sites for hydroxylation is 3. The fraction of sp³-hybridized carbons (Fsp3) is 0.351. The quantitative estimate of drug-likeness (QED) is 0.237. The van der Waals surface area contributed by atoms with Gasteiger partial charge in [-0.15, -0.1) is 0 Å². The summed E-state index contributed by atoms with van der Waals surface area (Å²) in [7, 11) is 0. The van der Waals surface area contributed by atoms with Crippen LogP contribution in [0.3, 0.4) is 0 Å². The molecule has 0 aliphatic rings. The van der Waals surface area contributed by atoms with Crippen molar-refractivity contribution in [3.05, 3.63) is 143 Å². The fourth-order valence-electron chi connectivity index (χ4n) is 3.57. The Kier molecular flexibility index (Phi) is 25.7. The zero-order valence-corrected chi connectivity index (χ0v) is 25.5. The first kappa shape index (κ1) is 37.9. The molecule has 214 valence electrons. The normalized spacial score (nSPS) is 9.74. The maximum Gasteiger partial charge on any atom is 0.104 e. The molecule has 0 amide bonds. The van der Waals surface area contributed by atoms with Crippen molar-refractivity contribution in [2.75, 3.05) is 0 Å². The minimum absolute atomic E-state index is 0. The number of rotatable bonds is 7. The number of hydrogen-bond donors (Lipinski definition) is 1. The molecule has 0 aliphatic heterocycles. The largest absolute Gasteiger partial charge is 0.412 e. The molecule has 0 saturated carbocycles. The third-order valence-corrected chi connectivity index (χ3v) is 5.64. The predicted molar refractivity (Wildman–Crippen MR) is 173 cm³/mol. The summed E-state index contributed by atoms with van der Waals surface area (Å²) in [5.41, 5.74) is 5.99. The van der Waals surface area contributed by atoms with Crippen LogP contribution in [-0.2, 0) is 12.8 Å². The number of hydrogen-bond acceptors (Lipinski definition) is 1. The molecule has 0 aliphatic carbocycles. The molecule has 1 atom stereocenters. The molecule has 0 bridgehead atoms. The standard InChI is InChI=1S/C18H22O.C8H10.C7H8.2C2H6.H2O/c1-2-3-5-9-15-10-8-13-17(14-15)18(19)16-11-6-4-7-12-16;1-2-8-6-4-3-5-7-8;1-7-5-3-2-4-6-7;2*1-2;/h4,6-8,10-14,18-19H,2-3,5,9H2,1H3;3-7H,2H2,1H3;2-6H,1H3;2*1-2H3;1H2.